The Hall–Kier alpha value is -1.87. The molecule has 0 heterocycles. The first-order valence-electron chi connectivity index (χ1n) is 7.57. The van der Waals surface area contributed by atoms with Crippen molar-refractivity contribution in [2.45, 2.75) is 38.3 Å². The number of hydrogen-bond acceptors (Lipinski definition) is 2. The van der Waals surface area contributed by atoms with Crippen molar-refractivity contribution in [3.63, 3.8) is 0 Å². The minimum absolute atomic E-state index is 0.0505. The van der Waals surface area contributed by atoms with E-state index in [-0.39, 0.29) is 11.9 Å². The fourth-order valence-corrected chi connectivity index (χ4v) is 2.93. The quantitative estimate of drug-likeness (QED) is 0.905. The van der Waals surface area contributed by atoms with Crippen LogP contribution in [0, 0.1) is 5.92 Å². The Morgan fingerprint density at radius 3 is 2.62 bits per heavy atom. The number of benzene rings is 2. The lowest BCUT2D eigenvalue weighted by Crippen LogP contribution is -2.53. The molecule has 0 aliphatic heterocycles. The first-order chi connectivity index (χ1) is 10.00. The van der Waals surface area contributed by atoms with Crippen molar-refractivity contribution in [2.24, 2.45) is 11.7 Å². The highest BCUT2D eigenvalue weighted by Crippen LogP contribution is 2.38. The third-order valence-electron chi connectivity index (χ3n) is 4.55. The summed E-state index contributed by atoms with van der Waals surface area (Å²) in [4.78, 5) is 12.4. The Kier molecular flexibility index (Phi) is 3.46. The summed E-state index contributed by atoms with van der Waals surface area (Å²) < 4.78 is 0. The summed E-state index contributed by atoms with van der Waals surface area (Å²) in [5.41, 5.74) is 6.57. The zero-order chi connectivity index (χ0) is 15.0. The van der Waals surface area contributed by atoms with Crippen molar-refractivity contribution in [2.75, 3.05) is 0 Å². The highest BCUT2D eigenvalue weighted by atomic mass is 16.2. The topological polar surface area (TPSA) is 55.1 Å². The molecule has 3 nitrogen and oxygen atoms in total. The molecule has 0 aromatic heterocycles. The molecule has 2 aromatic rings. The van der Waals surface area contributed by atoms with Gasteiger partial charge in [-0.15, -0.1) is 0 Å². The van der Waals surface area contributed by atoms with Crippen LogP contribution < -0.4 is 11.1 Å². The molecule has 1 fully saturated rings. The van der Waals surface area contributed by atoms with Crippen LogP contribution in [0.15, 0.2) is 42.5 Å². The van der Waals surface area contributed by atoms with E-state index in [1.807, 2.05) is 32.0 Å². The number of hydrogen-bond donors (Lipinski definition) is 2. The molecule has 3 heteroatoms. The average molecular weight is 282 g/mol. The van der Waals surface area contributed by atoms with Crippen LogP contribution in [-0.2, 0) is 4.79 Å². The number of carbonyl (C=O) groups excluding carboxylic acids is 1. The van der Waals surface area contributed by atoms with E-state index in [0.717, 1.165) is 18.4 Å². The van der Waals surface area contributed by atoms with Gasteiger partial charge in [0.25, 0.3) is 0 Å². The van der Waals surface area contributed by atoms with E-state index in [1.165, 1.54) is 10.8 Å². The number of amides is 1. The maximum atomic E-state index is 12.4. The van der Waals surface area contributed by atoms with E-state index >= 15 is 0 Å². The Labute approximate surface area is 125 Å². The molecule has 3 rings (SSSR count). The van der Waals surface area contributed by atoms with E-state index in [9.17, 15) is 4.79 Å². The molecule has 1 amide bonds. The molecule has 21 heavy (non-hydrogen) atoms. The second-order valence-corrected chi connectivity index (χ2v) is 6.32. The van der Waals surface area contributed by atoms with Crippen LogP contribution >= 0.6 is 0 Å². The van der Waals surface area contributed by atoms with Gasteiger partial charge in [-0.2, -0.15) is 0 Å². The molecule has 2 unspecified atom stereocenters. The summed E-state index contributed by atoms with van der Waals surface area (Å²) in [7, 11) is 0. The van der Waals surface area contributed by atoms with E-state index in [1.54, 1.807) is 0 Å². The average Bonchev–Trinajstić information content (AvgIpc) is 3.31. The van der Waals surface area contributed by atoms with Crippen molar-refractivity contribution < 1.29 is 4.79 Å². The summed E-state index contributed by atoms with van der Waals surface area (Å²) in [6.07, 6.45) is 2.12. The maximum absolute atomic E-state index is 12.4. The predicted molar refractivity (Wildman–Crippen MR) is 85.8 cm³/mol. The smallest absolute Gasteiger partial charge is 0.240 e. The van der Waals surface area contributed by atoms with Crippen molar-refractivity contribution in [3.8, 4) is 0 Å². The number of nitrogens with two attached hydrogens (primary N) is 1. The lowest BCUT2D eigenvalue weighted by molar-refractivity contribution is -0.127. The zero-order valence-electron chi connectivity index (χ0n) is 12.6. The molecule has 0 bridgehead atoms. The van der Waals surface area contributed by atoms with Crippen LogP contribution in [0.5, 0.6) is 0 Å². The molecule has 0 spiro atoms. The van der Waals surface area contributed by atoms with E-state index < -0.39 is 5.54 Å². The lowest BCUT2D eigenvalue weighted by Gasteiger charge is -2.26. The SMILES string of the molecule is CC(NC(=O)C(C)(N)C1CC1)c1cccc2ccccc12. The predicted octanol–water partition coefficient (Wildman–Crippen LogP) is 3.14. The summed E-state index contributed by atoms with van der Waals surface area (Å²) in [5, 5.41) is 5.45. The standard InChI is InChI=1S/C18H22N2O/c1-12(20-17(21)18(2,19)14-10-11-14)15-9-5-7-13-6-3-4-8-16(13)15/h3-9,12,14H,10-11,19H2,1-2H3,(H,20,21). The van der Waals surface area contributed by atoms with Crippen LogP contribution in [0.3, 0.4) is 0 Å². The van der Waals surface area contributed by atoms with Gasteiger partial charge < -0.3 is 11.1 Å². The molecule has 1 aliphatic carbocycles. The van der Waals surface area contributed by atoms with E-state index in [2.05, 4.69) is 29.6 Å². The molecular weight excluding hydrogens is 260 g/mol. The third-order valence-corrected chi connectivity index (χ3v) is 4.55. The van der Waals surface area contributed by atoms with E-state index in [0.29, 0.717) is 5.92 Å². The Morgan fingerprint density at radius 2 is 1.90 bits per heavy atom. The Bertz CT molecular complexity index is 668. The van der Waals surface area contributed by atoms with E-state index in [4.69, 9.17) is 5.73 Å². The first kappa shape index (κ1) is 14.1. The maximum Gasteiger partial charge on any atom is 0.240 e. The number of carbonyl (C=O) groups is 1. The molecule has 1 aliphatic rings. The highest BCUT2D eigenvalue weighted by Gasteiger charge is 2.44. The molecule has 0 radical (unpaired) electrons. The third kappa shape index (κ3) is 2.66. The van der Waals surface area contributed by atoms with Crippen molar-refractivity contribution in [3.05, 3.63) is 48.0 Å². The van der Waals surface area contributed by atoms with Crippen molar-refractivity contribution in [1.29, 1.82) is 0 Å². The summed E-state index contributed by atoms with van der Waals surface area (Å²) in [6.45, 7) is 3.86. The lowest BCUT2D eigenvalue weighted by atomic mass is 9.94. The Morgan fingerprint density at radius 1 is 1.24 bits per heavy atom. The van der Waals surface area contributed by atoms with Crippen LogP contribution in [-0.4, -0.2) is 11.4 Å². The monoisotopic (exact) mass is 282 g/mol. The van der Waals surface area contributed by atoms with Gasteiger partial charge in [-0.1, -0.05) is 42.5 Å². The van der Waals surface area contributed by atoms with Gasteiger partial charge in [-0.25, -0.2) is 0 Å². The molecule has 2 atom stereocenters. The molecule has 110 valence electrons. The second kappa shape index (κ2) is 5.15. The minimum Gasteiger partial charge on any atom is -0.348 e. The molecule has 2 aromatic carbocycles. The summed E-state index contributed by atoms with van der Waals surface area (Å²) in [5.74, 6) is 0.280. The van der Waals surface area contributed by atoms with Gasteiger partial charge in [0.1, 0.15) is 0 Å². The first-order valence-corrected chi connectivity index (χ1v) is 7.57. The van der Waals surface area contributed by atoms with Gasteiger partial charge in [0.2, 0.25) is 5.91 Å². The fourth-order valence-electron chi connectivity index (χ4n) is 2.93. The molecule has 3 N–H and O–H groups in total. The highest BCUT2D eigenvalue weighted by molar-refractivity contribution is 5.89. The summed E-state index contributed by atoms with van der Waals surface area (Å²) in [6, 6.07) is 14.4. The van der Waals surface area contributed by atoms with Gasteiger partial charge in [0, 0.05) is 0 Å². The van der Waals surface area contributed by atoms with Crippen molar-refractivity contribution in [1.82, 2.24) is 5.32 Å². The zero-order valence-corrected chi connectivity index (χ0v) is 12.6. The van der Waals surface area contributed by atoms with Crippen molar-refractivity contribution >= 4 is 16.7 Å². The van der Waals surface area contributed by atoms with Crippen LogP contribution in [0.2, 0.25) is 0 Å². The van der Waals surface area contributed by atoms with Crippen LogP contribution in [0.4, 0.5) is 0 Å². The number of nitrogens with one attached hydrogen (secondary N) is 1. The van der Waals surface area contributed by atoms with Gasteiger partial charge in [0.05, 0.1) is 11.6 Å². The normalized spacial score (nSPS) is 19.0. The van der Waals surface area contributed by atoms with Gasteiger partial charge in [-0.05, 0) is 48.9 Å². The number of rotatable bonds is 4. The second-order valence-electron chi connectivity index (χ2n) is 6.32. The Balaban J connectivity index is 1.84. The van der Waals surface area contributed by atoms with Crippen LogP contribution in [0.25, 0.3) is 10.8 Å². The minimum atomic E-state index is -0.751. The largest absolute Gasteiger partial charge is 0.348 e. The van der Waals surface area contributed by atoms with Gasteiger partial charge in [0.15, 0.2) is 0 Å². The van der Waals surface area contributed by atoms with Gasteiger partial charge >= 0.3 is 0 Å². The number of fused-ring (bicyclic) bond motifs is 1. The van der Waals surface area contributed by atoms with Crippen LogP contribution in [0.1, 0.15) is 38.3 Å². The fraction of sp³-hybridized carbons (Fsp3) is 0.389. The molecule has 0 saturated heterocycles. The molecular formula is C18H22N2O. The molecule has 1 saturated carbocycles. The van der Waals surface area contributed by atoms with Gasteiger partial charge in [-0.3, -0.25) is 4.79 Å². The summed E-state index contributed by atoms with van der Waals surface area (Å²) >= 11 is 0.